The minimum Gasteiger partial charge on any atom is -0.465 e. The first-order valence-electron chi connectivity index (χ1n) is 5.44. The molecule has 1 aromatic carbocycles. The van der Waals surface area contributed by atoms with Crippen LogP contribution in [0.15, 0.2) is 18.2 Å². The van der Waals surface area contributed by atoms with Crippen LogP contribution in [0.5, 0.6) is 0 Å². The Balaban J connectivity index is 2.18. The molecule has 1 N–H and O–H groups in total. The maximum atomic E-state index is 11.4. The molecule has 3 nitrogen and oxygen atoms in total. The van der Waals surface area contributed by atoms with Crippen LogP contribution in [0.25, 0.3) is 0 Å². The van der Waals surface area contributed by atoms with Crippen molar-refractivity contribution in [3.05, 3.63) is 34.9 Å². The summed E-state index contributed by atoms with van der Waals surface area (Å²) in [7, 11) is 1.38. The molecule has 1 fully saturated rings. The van der Waals surface area contributed by atoms with Crippen LogP contribution < -0.4 is 0 Å². The third-order valence-corrected chi connectivity index (χ3v) is 3.06. The predicted molar refractivity (Wildman–Crippen MR) is 60.4 cm³/mol. The van der Waals surface area contributed by atoms with Crippen molar-refractivity contribution in [1.82, 2.24) is 0 Å². The van der Waals surface area contributed by atoms with E-state index in [0.29, 0.717) is 12.0 Å². The van der Waals surface area contributed by atoms with Crippen LogP contribution in [-0.4, -0.2) is 23.8 Å². The molecule has 86 valence electrons. The Kier molecular flexibility index (Phi) is 2.72. The van der Waals surface area contributed by atoms with Gasteiger partial charge >= 0.3 is 5.97 Å². The van der Waals surface area contributed by atoms with Crippen LogP contribution in [0.4, 0.5) is 0 Å². The fraction of sp³-hybridized carbons (Fsp3) is 0.462. The van der Waals surface area contributed by atoms with E-state index in [1.54, 1.807) is 6.07 Å². The number of aliphatic hydroxyl groups is 1. The summed E-state index contributed by atoms with van der Waals surface area (Å²) in [5.41, 5.74) is 2.08. The van der Waals surface area contributed by atoms with Crippen LogP contribution in [0.1, 0.15) is 34.3 Å². The van der Waals surface area contributed by atoms with Crippen molar-refractivity contribution in [3.63, 3.8) is 0 Å². The highest BCUT2D eigenvalue weighted by atomic mass is 16.5. The molecule has 0 aliphatic heterocycles. The molecule has 0 radical (unpaired) electrons. The zero-order valence-corrected chi connectivity index (χ0v) is 9.62. The second-order valence-electron chi connectivity index (χ2n) is 4.54. The summed E-state index contributed by atoms with van der Waals surface area (Å²) in [6.45, 7) is 1.88. The molecule has 0 bridgehead atoms. The Morgan fingerprint density at radius 3 is 2.69 bits per heavy atom. The lowest BCUT2D eigenvalue weighted by Crippen LogP contribution is -2.11. The summed E-state index contributed by atoms with van der Waals surface area (Å²) in [6.07, 6.45) is 2.44. The molecular weight excluding hydrogens is 204 g/mol. The molecule has 0 amide bonds. The molecule has 0 atom stereocenters. The Bertz CT molecular complexity index is 419. The molecule has 0 aromatic heterocycles. The van der Waals surface area contributed by atoms with E-state index in [1.807, 2.05) is 19.1 Å². The van der Waals surface area contributed by atoms with E-state index < -0.39 is 5.60 Å². The topological polar surface area (TPSA) is 46.5 Å². The first kappa shape index (κ1) is 11.1. The highest BCUT2D eigenvalue weighted by molar-refractivity contribution is 5.90. The van der Waals surface area contributed by atoms with Gasteiger partial charge in [0.25, 0.3) is 0 Å². The van der Waals surface area contributed by atoms with E-state index >= 15 is 0 Å². The zero-order chi connectivity index (χ0) is 11.8. The molecule has 0 saturated heterocycles. The van der Waals surface area contributed by atoms with Gasteiger partial charge in [-0.15, -0.1) is 0 Å². The van der Waals surface area contributed by atoms with Crippen molar-refractivity contribution >= 4 is 5.97 Å². The average Bonchev–Trinajstić information content (AvgIpc) is 2.95. The third kappa shape index (κ3) is 2.25. The quantitative estimate of drug-likeness (QED) is 0.791. The minimum absolute atomic E-state index is 0.311. The summed E-state index contributed by atoms with van der Waals surface area (Å²) in [4.78, 5) is 11.4. The van der Waals surface area contributed by atoms with Crippen LogP contribution in [-0.2, 0) is 11.2 Å². The summed E-state index contributed by atoms with van der Waals surface area (Å²) >= 11 is 0. The van der Waals surface area contributed by atoms with Gasteiger partial charge in [-0.05, 0) is 37.0 Å². The van der Waals surface area contributed by atoms with Gasteiger partial charge in [0, 0.05) is 6.42 Å². The van der Waals surface area contributed by atoms with Gasteiger partial charge < -0.3 is 9.84 Å². The Labute approximate surface area is 95.0 Å². The fourth-order valence-electron chi connectivity index (χ4n) is 1.88. The van der Waals surface area contributed by atoms with E-state index in [9.17, 15) is 9.90 Å². The largest absolute Gasteiger partial charge is 0.465 e. The van der Waals surface area contributed by atoms with Gasteiger partial charge in [-0.3, -0.25) is 0 Å². The minimum atomic E-state index is -0.487. The Morgan fingerprint density at radius 1 is 1.50 bits per heavy atom. The van der Waals surface area contributed by atoms with Crippen LogP contribution in [0.2, 0.25) is 0 Å². The monoisotopic (exact) mass is 220 g/mol. The first-order chi connectivity index (χ1) is 7.54. The van der Waals surface area contributed by atoms with Crippen molar-refractivity contribution in [1.29, 1.82) is 0 Å². The standard InChI is InChI=1S/C13H16O3/c1-9-7-10(8-13(15)5-6-13)3-4-11(9)12(14)16-2/h3-4,7,15H,5-6,8H2,1-2H3. The number of esters is 1. The molecule has 1 aromatic rings. The summed E-state index contributed by atoms with van der Waals surface area (Å²) in [5.74, 6) is -0.311. The molecule has 0 heterocycles. The van der Waals surface area contributed by atoms with Crippen LogP contribution >= 0.6 is 0 Å². The first-order valence-corrected chi connectivity index (χ1v) is 5.44. The summed E-state index contributed by atoms with van der Waals surface area (Å²) in [5, 5.41) is 9.81. The average molecular weight is 220 g/mol. The number of methoxy groups -OCH3 is 1. The number of carbonyl (C=O) groups is 1. The molecule has 1 saturated carbocycles. The van der Waals surface area contributed by atoms with Gasteiger partial charge in [0.05, 0.1) is 18.3 Å². The maximum absolute atomic E-state index is 11.4. The second-order valence-corrected chi connectivity index (χ2v) is 4.54. The summed E-state index contributed by atoms with van der Waals surface area (Å²) in [6, 6.07) is 5.60. The van der Waals surface area contributed by atoms with Crippen molar-refractivity contribution in [2.24, 2.45) is 0 Å². The Hall–Kier alpha value is -1.35. The van der Waals surface area contributed by atoms with Gasteiger partial charge in [-0.1, -0.05) is 12.1 Å². The number of benzene rings is 1. The van der Waals surface area contributed by atoms with Gasteiger partial charge in [0.1, 0.15) is 0 Å². The van der Waals surface area contributed by atoms with E-state index in [4.69, 9.17) is 0 Å². The van der Waals surface area contributed by atoms with E-state index in [0.717, 1.165) is 24.0 Å². The number of aryl methyl sites for hydroxylation is 1. The normalized spacial score (nSPS) is 16.9. The number of hydrogen-bond donors (Lipinski definition) is 1. The molecule has 3 heteroatoms. The molecular formula is C13H16O3. The predicted octanol–water partition coefficient (Wildman–Crippen LogP) is 1.85. The SMILES string of the molecule is COC(=O)c1ccc(CC2(O)CC2)cc1C. The molecule has 2 rings (SSSR count). The van der Waals surface area contributed by atoms with E-state index in [-0.39, 0.29) is 5.97 Å². The van der Waals surface area contributed by atoms with Gasteiger partial charge in [-0.25, -0.2) is 4.79 Å². The molecule has 1 aliphatic carbocycles. The number of carbonyl (C=O) groups excluding carboxylic acids is 1. The number of ether oxygens (including phenoxy) is 1. The lowest BCUT2D eigenvalue weighted by atomic mass is 10.0. The van der Waals surface area contributed by atoms with Crippen molar-refractivity contribution in [2.45, 2.75) is 31.8 Å². The second kappa shape index (κ2) is 3.91. The molecule has 1 aliphatic rings. The van der Waals surface area contributed by atoms with Gasteiger partial charge in [0.2, 0.25) is 0 Å². The van der Waals surface area contributed by atoms with Gasteiger partial charge in [-0.2, -0.15) is 0 Å². The van der Waals surface area contributed by atoms with Crippen LogP contribution in [0.3, 0.4) is 0 Å². The number of rotatable bonds is 3. The zero-order valence-electron chi connectivity index (χ0n) is 9.62. The van der Waals surface area contributed by atoms with Crippen molar-refractivity contribution < 1.29 is 14.6 Å². The highest BCUT2D eigenvalue weighted by Gasteiger charge is 2.40. The molecule has 16 heavy (non-hydrogen) atoms. The van der Waals surface area contributed by atoms with Gasteiger partial charge in [0.15, 0.2) is 0 Å². The molecule has 0 spiro atoms. The van der Waals surface area contributed by atoms with Crippen LogP contribution in [0, 0.1) is 6.92 Å². The van der Waals surface area contributed by atoms with E-state index in [1.165, 1.54) is 7.11 Å². The third-order valence-electron chi connectivity index (χ3n) is 3.06. The summed E-state index contributed by atoms with van der Waals surface area (Å²) < 4.78 is 4.68. The van der Waals surface area contributed by atoms with Crippen molar-refractivity contribution in [2.75, 3.05) is 7.11 Å². The van der Waals surface area contributed by atoms with Crippen molar-refractivity contribution in [3.8, 4) is 0 Å². The Morgan fingerprint density at radius 2 is 2.19 bits per heavy atom. The van der Waals surface area contributed by atoms with E-state index in [2.05, 4.69) is 4.74 Å². The lowest BCUT2D eigenvalue weighted by Gasteiger charge is -2.10. The number of hydrogen-bond acceptors (Lipinski definition) is 3. The highest BCUT2D eigenvalue weighted by Crippen LogP contribution is 2.38. The fourth-order valence-corrected chi connectivity index (χ4v) is 1.88. The molecule has 0 unspecified atom stereocenters. The smallest absolute Gasteiger partial charge is 0.338 e. The maximum Gasteiger partial charge on any atom is 0.338 e. The lowest BCUT2D eigenvalue weighted by molar-refractivity contribution is 0.0600.